The van der Waals surface area contributed by atoms with E-state index in [-0.39, 0.29) is 0 Å². The molecule has 108 valence electrons. The van der Waals surface area contributed by atoms with Crippen molar-refractivity contribution in [1.82, 2.24) is 5.32 Å². The zero-order valence-electron chi connectivity index (χ0n) is 12.9. The Bertz CT molecular complexity index is 350. The fraction of sp³-hybridized carbons (Fsp3) is 0.625. The first-order valence-electron chi connectivity index (χ1n) is 7.19. The van der Waals surface area contributed by atoms with Gasteiger partial charge in [-0.3, -0.25) is 0 Å². The molecule has 2 atom stereocenters. The van der Waals surface area contributed by atoms with Crippen LogP contribution in [-0.4, -0.2) is 31.6 Å². The standard InChI is InChI=1S/C16H28N2S/c1-6-16(17-7-2)14-8-10-15(11-9-14)18(4)13(3)12-19-5/h8-11,13,16-17H,6-7,12H2,1-5H3. The summed E-state index contributed by atoms with van der Waals surface area (Å²) >= 11 is 1.90. The predicted molar refractivity (Wildman–Crippen MR) is 89.4 cm³/mol. The van der Waals surface area contributed by atoms with E-state index in [0.717, 1.165) is 18.7 Å². The van der Waals surface area contributed by atoms with Crippen LogP contribution in [-0.2, 0) is 0 Å². The molecule has 0 amide bonds. The normalized spacial score (nSPS) is 14.2. The van der Waals surface area contributed by atoms with Crippen LogP contribution in [0.3, 0.4) is 0 Å². The van der Waals surface area contributed by atoms with Crippen molar-refractivity contribution in [2.75, 3.05) is 30.5 Å². The Hall–Kier alpha value is -0.670. The summed E-state index contributed by atoms with van der Waals surface area (Å²) in [5.74, 6) is 1.16. The molecule has 0 heterocycles. The summed E-state index contributed by atoms with van der Waals surface area (Å²) in [6.07, 6.45) is 3.29. The summed E-state index contributed by atoms with van der Waals surface area (Å²) < 4.78 is 0. The molecule has 0 saturated carbocycles. The van der Waals surface area contributed by atoms with E-state index in [1.807, 2.05) is 11.8 Å². The first-order valence-corrected chi connectivity index (χ1v) is 8.58. The third-order valence-electron chi connectivity index (χ3n) is 3.63. The molecule has 0 aromatic heterocycles. The highest BCUT2D eigenvalue weighted by molar-refractivity contribution is 7.98. The number of hydrogen-bond acceptors (Lipinski definition) is 3. The number of anilines is 1. The maximum atomic E-state index is 3.52. The van der Waals surface area contributed by atoms with Gasteiger partial charge in [0.25, 0.3) is 0 Å². The van der Waals surface area contributed by atoms with Crippen molar-refractivity contribution in [2.24, 2.45) is 0 Å². The van der Waals surface area contributed by atoms with Crippen LogP contribution in [0.1, 0.15) is 38.8 Å². The van der Waals surface area contributed by atoms with Gasteiger partial charge in [-0.05, 0) is 43.8 Å². The molecule has 1 aromatic carbocycles. The van der Waals surface area contributed by atoms with Crippen LogP contribution in [0.2, 0.25) is 0 Å². The summed E-state index contributed by atoms with van der Waals surface area (Å²) in [4.78, 5) is 2.36. The highest BCUT2D eigenvalue weighted by Crippen LogP contribution is 2.22. The minimum Gasteiger partial charge on any atom is -0.371 e. The summed E-state index contributed by atoms with van der Waals surface area (Å²) in [5.41, 5.74) is 2.69. The monoisotopic (exact) mass is 280 g/mol. The van der Waals surface area contributed by atoms with Crippen LogP contribution in [0.5, 0.6) is 0 Å². The molecule has 0 aliphatic carbocycles. The van der Waals surface area contributed by atoms with Gasteiger partial charge in [0.1, 0.15) is 0 Å². The quantitative estimate of drug-likeness (QED) is 0.776. The minimum atomic E-state index is 0.480. The van der Waals surface area contributed by atoms with Crippen molar-refractivity contribution in [2.45, 2.75) is 39.3 Å². The Labute approximate surface area is 123 Å². The van der Waals surface area contributed by atoms with Crippen LogP contribution in [0, 0.1) is 0 Å². The Balaban J connectivity index is 2.74. The second-order valence-corrected chi connectivity index (χ2v) is 5.94. The number of rotatable bonds is 8. The lowest BCUT2D eigenvalue weighted by Crippen LogP contribution is -2.30. The summed E-state index contributed by atoms with van der Waals surface area (Å²) in [5, 5.41) is 3.52. The number of thioether (sulfide) groups is 1. The second kappa shape index (κ2) is 8.49. The third-order valence-corrected chi connectivity index (χ3v) is 4.45. The largest absolute Gasteiger partial charge is 0.371 e. The minimum absolute atomic E-state index is 0.480. The molecule has 19 heavy (non-hydrogen) atoms. The van der Waals surface area contributed by atoms with Crippen molar-refractivity contribution in [1.29, 1.82) is 0 Å². The maximum absolute atomic E-state index is 3.52. The summed E-state index contributed by atoms with van der Waals surface area (Å²) in [6.45, 7) is 7.69. The van der Waals surface area contributed by atoms with Gasteiger partial charge >= 0.3 is 0 Å². The average molecular weight is 280 g/mol. The fourth-order valence-electron chi connectivity index (χ4n) is 2.29. The summed E-state index contributed by atoms with van der Waals surface area (Å²) in [6, 6.07) is 10.0. The smallest absolute Gasteiger partial charge is 0.0366 e. The molecule has 2 unspecified atom stereocenters. The average Bonchev–Trinajstić information content (AvgIpc) is 2.44. The molecule has 0 spiro atoms. The molecule has 0 saturated heterocycles. The lowest BCUT2D eigenvalue weighted by Gasteiger charge is -2.27. The van der Waals surface area contributed by atoms with Gasteiger partial charge < -0.3 is 10.2 Å². The molecule has 0 fully saturated rings. The highest BCUT2D eigenvalue weighted by Gasteiger charge is 2.11. The van der Waals surface area contributed by atoms with Gasteiger partial charge in [0, 0.05) is 30.6 Å². The molecule has 0 aliphatic rings. The molecule has 2 nitrogen and oxygen atoms in total. The highest BCUT2D eigenvalue weighted by atomic mass is 32.2. The van der Waals surface area contributed by atoms with Crippen molar-refractivity contribution < 1.29 is 0 Å². The van der Waals surface area contributed by atoms with E-state index >= 15 is 0 Å². The first kappa shape index (κ1) is 16.4. The third kappa shape index (κ3) is 4.73. The van der Waals surface area contributed by atoms with E-state index < -0.39 is 0 Å². The maximum Gasteiger partial charge on any atom is 0.0366 e. The van der Waals surface area contributed by atoms with E-state index in [0.29, 0.717) is 12.1 Å². The fourth-order valence-corrected chi connectivity index (χ4v) is 3.00. The molecule has 0 aliphatic heterocycles. The number of benzene rings is 1. The molecule has 1 rings (SSSR count). The number of nitrogens with zero attached hydrogens (tertiary/aromatic N) is 1. The molecule has 1 aromatic rings. The van der Waals surface area contributed by atoms with Crippen molar-refractivity contribution >= 4 is 17.4 Å². The molecule has 3 heteroatoms. The topological polar surface area (TPSA) is 15.3 Å². The van der Waals surface area contributed by atoms with Crippen LogP contribution in [0.4, 0.5) is 5.69 Å². The van der Waals surface area contributed by atoms with Gasteiger partial charge in [0.15, 0.2) is 0 Å². The summed E-state index contributed by atoms with van der Waals surface area (Å²) in [7, 11) is 2.18. The van der Waals surface area contributed by atoms with Crippen LogP contribution in [0.15, 0.2) is 24.3 Å². The SMILES string of the molecule is CCNC(CC)c1ccc(N(C)C(C)CSC)cc1. The van der Waals surface area contributed by atoms with E-state index in [1.54, 1.807) is 0 Å². The van der Waals surface area contributed by atoms with E-state index in [4.69, 9.17) is 0 Å². The molecular formula is C16H28N2S. The number of nitrogens with one attached hydrogen (secondary N) is 1. The first-order chi connectivity index (χ1) is 9.13. The van der Waals surface area contributed by atoms with Crippen LogP contribution < -0.4 is 10.2 Å². The Morgan fingerprint density at radius 1 is 1.21 bits per heavy atom. The van der Waals surface area contributed by atoms with Crippen LogP contribution in [0.25, 0.3) is 0 Å². The zero-order chi connectivity index (χ0) is 14.3. The van der Waals surface area contributed by atoms with Gasteiger partial charge in [0.05, 0.1) is 0 Å². The van der Waals surface area contributed by atoms with Gasteiger partial charge in [-0.15, -0.1) is 0 Å². The van der Waals surface area contributed by atoms with Crippen molar-refractivity contribution in [3.8, 4) is 0 Å². The Morgan fingerprint density at radius 3 is 2.32 bits per heavy atom. The zero-order valence-corrected chi connectivity index (χ0v) is 13.8. The van der Waals surface area contributed by atoms with E-state index in [9.17, 15) is 0 Å². The van der Waals surface area contributed by atoms with E-state index in [2.05, 4.69) is 68.6 Å². The predicted octanol–water partition coefficient (Wildman–Crippen LogP) is 3.93. The van der Waals surface area contributed by atoms with Gasteiger partial charge in [-0.2, -0.15) is 11.8 Å². The second-order valence-electron chi connectivity index (χ2n) is 5.03. The molecule has 1 N–H and O–H groups in total. The lowest BCUT2D eigenvalue weighted by molar-refractivity contribution is 0.537. The van der Waals surface area contributed by atoms with Gasteiger partial charge in [-0.25, -0.2) is 0 Å². The van der Waals surface area contributed by atoms with Crippen molar-refractivity contribution in [3.63, 3.8) is 0 Å². The number of hydrogen-bond donors (Lipinski definition) is 1. The lowest BCUT2D eigenvalue weighted by atomic mass is 10.0. The van der Waals surface area contributed by atoms with Crippen molar-refractivity contribution in [3.05, 3.63) is 29.8 Å². The van der Waals surface area contributed by atoms with E-state index in [1.165, 1.54) is 11.3 Å². The van der Waals surface area contributed by atoms with Gasteiger partial charge in [0.2, 0.25) is 0 Å². The Kier molecular flexibility index (Phi) is 7.32. The molecule has 0 radical (unpaired) electrons. The molecular weight excluding hydrogens is 252 g/mol. The Morgan fingerprint density at radius 2 is 1.84 bits per heavy atom. The molecule has 0 bridgehead atoms. The van der Waals surface area contributed by atoms with Gasteiger partial charge in [-0.1, -0.05) is 26.0 Å². The van der Waals surface area contributed by atoms with Crippen LogP contribution >= 0.6 is 11.8 Å².